The molecular weight excluding hydrogens is 1600 g/mol. The molecular formula is C80H59F4N3Na4O19S4. The maximum Gasteiger partial charge on any atom is 1.00 e. The molecule has 11 aromatic carbocycles. The number of fused-ring (bicyclic) bond motifs is 3. The Morgan fingerprint density at radius 3 is 1.24 bits per heavy atom. The number of hydrogen-bond acceptors (Lipinski definition) is 19. The number of ketones is 4. The summed E-state index contributed by atoms with van der Waals surface area (Å²) in [5.74, 6) is -4.29. The second kappa shape index (κ2) is 40.4. The summed E-state index contributed by atoms with van der Waals surface area (Å²) in [6.45, 7) is 1.40. The van der Waals surface area contributed by atoms with E-state index in [0.29, 0.717) is 74.7 Å². The zero-order chi connectivity index (χ0) is 77.7. The smallest absolute Gasteiger partial charge is 0.744 e. The van der Waals surface area contributed by atoms with Crippen LogP contribution in [0.2, 0.25) is 0 Å². The molecule has 564 valence electrons. The molecule has 0 spiro atoms. The molecule has 0 atom stereocenters. The number of halogens is 4. The van der Waals surface area contributed by atoms with Crippen LogP contribution in [0.5, 0.6) is 28.7 Å². The van der Waals surface area contributed by atoms with Crippen LogP contribution in [0.1, 0.15) is 84.1 Å². The second-order valence-electron chi connectivity index (χ2n) is 23.6. The molecule has 0 radical (unpaired) electrons. The molecule has 34 heteroatoms. The van der Waals surface area contributed by atoms with Crippen LogP contribution in [0.3, 0.4) is 0 Å². The summed E-state index contributed by atoms with van der Waals surface area (Å²) in [5.41, 5.74) is 3.90. The van der Waals surface area contributed by atoms with E-state index in [-0.39, 0.29) is 173 Å². The number of aromatic nitrogens is 3. The Bertz CT molecular complexity index is 6250. The van der Waals surface area contributed by atoms with Crippen LogP contribution >= 0.6 is 0 Å². The fourth-order valence-electron chi connectivity index (χ4n) is 11.1. The van der Waals surface area contributed by atoms with E-state index in [0.717, 1.165) is 57.8 Å². The fraction of sp³-hybridized carbons (Fsp3) is 0.0500. The van der Waals surface area contributed by atoms with E-state index >= 15 is 0 Å². The van der Waals surface area contributed by atoms with Gasteiger partial charge in [0.05, 0.1) is 30.6 Å². The van der Waals surface area contributed by atoms with E-state index in [1.165, 1.54) is 73.7 Å². The number of rotatable bonds is 17. The normalized spacial score (nSPS) is 10.9. The standard InChI is InChI=1S/C44H32N2O10S2.C13H8F2O7S2.C13H8F2O.C8H7NO.2CH4.4Na/c1-27-9-10-30(25-41(27)57(49,50)51)44(48)31-15-20-40(42(26-31)58(52,53)54)56-39-8-4-6-37-35(39)22-24-46(37)32-16-11-28(12-17-32)43(47)29-13-18-33(19-14-29)55-38-7-3-5-36-34(38)21-23-45(36)2;14-9-3-1-7(5-11(9)23(17,18)19)13(16)8-2-4-10(15)12(6-8)24(20,21)22;14-11-5-1-9(2-6-11)13(16)10-3-7-12(15)8-4-10;10-8-3-1-2-7-6(8)4-5-9-7;;;;;;/h3-26H,1-2H3,(H,49,50,51)(H,52,53,54);1-6H,(H,17,18,19)(H,20,21,22);1-8H;1-5,9-10H;2*1H4;;;;/q;;;;;;4*+1/p-4. The summed E-state index contributed by atoms with van der Waals surface area (Å²) in [6, 6.07) is 56.9. The van der Waals surface area contributed by atoms with Gasteiger partial charge in [0.15, 0.2) is 23.1 Å². The number of aromatic amines is 1. The van der Waals surface area contributed by atoms with Crippen LogP contribution in [0.25, 0.3) is 38.4 Å². The van der Waals surface area contributed by atoms with Crippen LogP contribution in [0, 0.1) is 30.2 Å². The van der Waals surface area contributed by atoms with Crippen molar-refractivity contribution in [3.05, 3.63) is 335 Å². The third-order valence-electron chi connectivity index (χ3n) is 16.5. The third kappa shape index (κ3) is 23.0. The van der Waals surface area contributed by atoms with E-state index in [1.54, 1.807) is 79.0 Å². The van der Waals surface area contributed by atoms with Crippen LogP contribution in [0.15, 0.2) is 281 Å². The van der Waals surface area contributed by atoms with Gasteiger partial charge in [-0.05, 0) is 225 Å². The minimum atomic E-state index is -5.19. The Morgan fingerprint density at radius 2 is 0.763 bits per heavy atom. The van der Waals surface area contributed by atoms with Gasteiger partial charge in [-0.25, -0.2) is 51.2 Å². The van der Waals surface area contributed by atoms with Crippen molar-refractivity contribution in [1.82, 2.24) is 14.1 Å². The molecule has 114 heavy (non-hydrogen) atoms. The van der Waals surface area contributed by atoms with Gasteiger partial charge in [0.1, 0.15) is 92.5 Å². The van der Waals surface area contributed by atoms with Crippen LogP contribution in [0.4, 0.5) is 17.6 Å². The van der Waals surface area contributed by atoms with Gasteiger partial charge in [-0.3, -0.25) is 19.2 Å². The molecule has 3 aromatic heterocycles. The van der Waals surface area contributed by atoms with Crippen molar-refractivity contribution >= 4 is 96.3 Å². The first-order chi connectivity index (χ1) is 51.1. The summed E-state index contributed by atoms with van der Waals surface area (Å²) in [7, 11) is -18.5. The number of H-pyrrole nitrogens is 1. The Hall–Kier alpha value is -8.52. The van der Waals surface area contributed by atoms with Crippen molar-refractivity contribution < 1.29 is 221 Å². The SMILES string of the molecule is C.C.Cc1ccc(C(=O)c2ccc(Oc3cccc4c3ccn4-c3ccc(C(=O)c4ccc(Oc5cccc6c5ccn6C)cc4)cc3)c(S(=O)(=O)[O-])c2)cc1S(=O)(=O)[O-].O=C(c1ccc(F)c(S(=O)(=O)[O-])c1)c1ccc(F)c(S(=O)(=O)[O-])c1.O=C(c1ccc(F)cc1)c1ccc(F)cc1.Oc1cccc2[nH]ccc12.[Na+].[Na+].[Na+].[Na+]. The zero-order valence-electron chi connectivity index (χ0n) is 59.7. The Morgan fingerprint density at radius 1 is 0.386 bits per heavy atom. The number of nitrogens with zero attached hydrogens (tertiary/aromatic N) is 2. The minimum Gasteiger partial charge on any atom is -0.744 e. The van der Waals surface area contributed by atoms with Crippen molar-refractivity contribution in [3.8, 4) is 34.4 Å². The molecule has 0 amide bonds. The predicted octanol–water partition coefficient (Wildman–Crippen LogP) is 3.65. The third-order valence-corrected chi connectivity index (χ3v) is 20.0. The Kier molecular flexibility index (Phi) is 34.0. The molecule has 0 saturated heterocycles. The summed E-state index contributed by atoms with van der Waals surface area (Å²) in [4.78, 5) is 49.8. The van der Waals surface area contributed by atoms with Crippen molar-refractivity contribution in [1.29, 1.82) is 0 Å². The first-order valence-electron chi connectivity index (χ1n) is 31.4. The zero-order valence-corrected chi connectivity index (χ0v) is 70.9. The maximum atomic E-state index is 13.4. The monoisotopic (exact) mass is 1660 g/mol. The van der Waals surface area contributed by atoms with Gasteiger partial charge in [-0.1, -0.05) is 45.2 Å². The molecule has 0 aliphatic heterocycles. The molecule has 0 saturated carbocycles. The molecule has 3 heterocycles. The number of nitrogens with one attached hydrogen (secondary N) is 1. The average molecular weight is 1660 g/mol. The van der Waals surface area contributed by atoms with Gasteiger partial charge in [-0.2, -0.15) is 0 Å². The molecule has 0 aliphatic rings. The van der Waals surface area contributed by atoms with E-state index in [9.17, 15) is 93.7 Å². The molecule has 0 bridgehead atoms. The number of phenols is 1. The number of carbonyl (C=O) groups excluding carboxylic acids is 4. The van der Waals surface area contributed by atoms with Crippen LogP contribution in [-0.2, 0) is 47.5 Å². The predicted molar refractivity (Wildman–Crippen MR) is 395 cm³/mol. The number of benzene rings is 11. The number of carbonyl (C=O) groups is 4. The summed E-state index contributed by atoms with van der Waals surface area (Å²) < 4.78 is 206. The van der Waals surface area contributed by atoms with Crippen molar-refractivity contribution in [3.63, 3.8) is 0 Å². The Balaban J connectivity index is 0.000000338. The quantitative estimate of drug-likeness (QED) is 0.0568. The van der Waals surface area contributed by atoms with Crippen LogP contribution < -0.4 is 128 Å². The minimum absolute atomic E-state index is 0. The Labute approximate surface area is 741 Å². The van der Waals surface area contributed by atoms with Gasteiger partial charge in [0.25, 0.3) is 0 Å². The van der Waals surface area contributed by atoms with Crippen molar-refractivity contribution in [2.45, 2.75) is 41.4 Å². The molecule has 14 rings (SSSR count). The average Bonchev–Trinajstić information content (AvgIpc) is 1.26. The molecule has 0 unspecified atom stereocenters. The van der Waals surface area contributed by atoms with Crippen molar-refractivity contribution in [2.24, 2.45) is 7.05 Å². The largest absolute Gasteiger partial charge is 1.00 e. The van der Waals surface area contributed by atoms with Gasteiger partial charge in [-0.15, -0.1) is 0 Å². The van der Waals surface area contributed by atoms with Gasteiger partial charge >= 0.3 is 118 Å². The van der Waals surface area contributed by atoms with E-state index in [1.807, 2.05) is 77.1 Å². The van der Waals surface area contributed by atoms with E-state index in [2.05, 4.69) is 4.98 Å². The molecule has 14 aromatic rings. The van der Waals surface area contributed by atoms with Gasteiger partial charge < -0.3 is 46.9 Å². The molecule has 0 aliphatic carbocycles. The number of aromatic hydroxyl groups is 1. The number of hydrogen-bond donors (Lipinski definition) is 2. The van der Waals surface area contributed by atoms with Gasteiger partial charge in [0, 0.05) is 97.5 Å². The number of phenolic OH excluding ortho intramolecular Hbond substituents is 1. The fourth-order valence-corrected chi connectivity index (χ4v) is 13.6. The maximum absolute atomic E-state index is 13.4. The molecule has 0 fully saturated rings. The van der Waals surface area contributed by atoms with E-state index < -0.39 is 106 Å². The molecule has 22 nitrogen and oxygen atoms in total. The summed E-state index contributed by atoms with van der Waals surface area (Å²) in [5, 5.41) is 11.7. The van der Waals surface area contributed by atoms with E-state index in [4.69, 9.17) is 9.47 Å². The second-order valence-corrected chi connectivity index (χ2v) is 29.0. The van der Waals surface area contributed by atoms with Gasteiger partial charge in [0.2, 0.25) is 0 Å². The summed E-state index contributed by atoms with van der Waals surface area (Å²) in [6.07, 6.45) is 5.55. The number of aryl methyl sites for hydroxylation is 2. The first-order valence-corrected chi connectivity index (χ1v) is 37.1. The topological polar surface area (TPSA) is 361 Å². The first kappa shape index (κ1) is 96.1. The van der Waals surface area contributed by atoms with Crippen LogP contribution in [-0.4, -0.2) is 94.2 Å². The molecule has 2 N–H and O–H groups in total. The summed E-state index contributed by atoms with van der Waals surface area (Å²) >= 11 is 0. The van der Waals surface area contributed by atoms with Crippen molar-refractivity contribution in [2.75, 3.05) is 0 Å². The number of ether oxygens (including phenoxy) is 2.